The van der Waals surface area contributed by atoms with Gasteiger partial charge in [-0.2, -0.15) is 0 Å². The number of nitrogens with zero attached hydrogens (tertiary/aromatic N) is 2. The fraction of sp³-hybridized carbons (Fsp3) is 0.750. The third-order valence-corrected chi connectivity index (χ3v) is 3.10. The van der Waals surface area contributed by atoms with Crippen LogP contribution in [0.1, 0.15) is 44.7 Å². The average molecular weight is 226 g/mol. The maximum absolute atomic E-state index is 11.6. The van der Waals surface area contributed by atoms with Crippen LogP contribution in [0, 0.1) is 6.92 Å². The van der Waals surface area contributed by atoms with Gasteiger partial charge in [0.15, 0.2) is 0 Å². The second-order valence-corrected chi connectivity index (χ2v) is 4.30. The lowest BCUT2D eigenvalue weighted by Crippen LogP contribution is -2.21. The van der Waals surface area contributed by atoms with Gasteiger partial charge in [-0.3, -0.25) is 9.48 Å². The molecule has 0 saturated heterocycles. The number of hydrogen-bond acceptors (Lipinski definition) is 2. The zero-order valence-corrected chi connectivity index (χ0v) is 10.5. The Hall–Kier alpha value is -1.19. The van der Waals surface area contributed by atoms with Gasteiger partial charge in [0.25, 0.3) is 0 Å². The molecule has 1 aromatic heterocycles. The normalized spacial score (nSPS) is 10.9. The van der Waals surface area contributed by atoms with Crippen molar-refractivity contribution >= 4 is 0 Å². The molecule has 1 heterocycles. The number of aromatic nitrogens is 2. The van der Waals surface area contributed by atoms with Gasteiger partial charge in [0.05, 0.1) is 5.69 Å². The van der Waals surface area contributed by atoms with Crippen LogP contribution in [0.5, 0.6) is 5.75 Å². The monoisotopic (exact) mass is 226 g/mol. The smallest absolute Gasteiger partial charge is 0.309 e. The lowest BCUT2D eigenvalue weighted by atomic mass is 10.1. The van der Waals surface area contributed by atoms with Crippen molar-refractivity contribution < 1.29 is 5.11 Å². The largest absolute Gasteiger partial charge is 0.502 e. The van der Waals surface area contributed by atoms with Crippen molar-refractivity contribution in [3.05, 3.63) is 16.0 Å². The summed E-state index contributed by atoms with van der Waals surface area (Å²) in [6.45, 7) is 4.63. The van der Waals surface area contributed by atoms with E-state index in [0.29, 0.717) is 12.2 Å². The Labute approximate surface area is 96.5 Å². The molecule has 0 fully saturated rings. The first-order chi connectivity index (χ1) is 7.59. The topological polar surface area (TPSA) is 47.2 Å². The Morgan fingerprint density at radius 2 is 1.81 bits per heavy atom. The highest BCUT2D eigenvalue weighted by Gasteiger charge is 2.12. The SMILES string of the molecule is CCCCCCCn1c(=O)c(O)c(C)n1C. The zero-order chi connectivity index (χ0) is 12.1. The Morgan fingerprint density at radius 1 is 1.19 bits per heavy atom. The van der Waals surface area contributed by atoms with Crippen molar-refractivity contribution in [3.63, 3.8) is 0 Å². The standard InChI is InChI=1S/C12H22N2O2/c1-4-5-6-7-8-9-14-12(16)11(15)10(2)13(14)3/h15H,4-9H2,1-3H3. The van der Waals surface area contributed by atoms with Crippen LogP contribution < -0.4 is 5.56 Å². The van der Waals surface area contributed by atoms with Crippen LogP contribution in [0.15, 0.2) is 4.79 Å². The van der Waals surface area contributed by atoms with Gasteiger partial charge >= 0.3 is 5.56 Å². The van der Waals surface area contributed by atoms with Crippen LogP contribution in [0.2, 0.25) is 0 Å². The fourth-order valence-corrected chi connectivity index (χ4v) is 1.86. The van der Waals surface area contributed by atoms with E-state index in [1.165, 1.54) is 19.3 Å². The summed E-state index contributed by atoms with van der Waals surface area (Å²) in [6.07, 6.45) is 5.85. The second kappa shape index (κ2) is 5.77. The van der Waals surface area contributed by atoms with Gasteiger partial charge in [-0.25, -0.2) is 4.68 Å². The van der Waals surface area contributed by atoms with Gasteiger partial charge in [0, 0.05) is 13.6 Å². The van der Waals surface area contributed by atoms with Crippen LogP contribution in [0.4, 0.5) is 0 Å². The minimum Gasteiger partial charge on any atom is -0.502 e. The molecule has 0 radical (unpaired) electrons. The molecule has 1 rings (SSSR count). The number of rotatable bonds is 6. The van der Waals surface area contributed by atoms with Crippen molar-refractivity contribution in [3.8, 4) is 5.75 Å². The minimum atomic E-state index is -0.268. The van der Waals surface area contributed by atoms with E-state index < -0.39 is 0 Å². The minimum absolute atomic E-state index is 0.115. The van der Waals surface area contributed by atoms with Crippen LogP contribution in [0.3, 0.4) is 0 Å². The Balaban J connectivity index is 2.55. The zero-order valence-electron chi connectivity index (χ0n) is 10.5. The van der Waals surface area contributed by atoms with Crippen molar-refractivity contribution in [1.82, 2.24) is 9.36 Å². The summed E-state index contributed by atoms with van der Waals surface area (Å²) in [5.74, 6) is -0.115. The molecule has 0 unspecified atom stereocenters. The molecule has 92 valence electrons. The predicted molar refractivity (Wildman–Crippen MR) is 64.8 cm³/mol. The first kappa shape index (κ1) is 12.9. The molecule has 16 heavy (non-hydrogen) atoms. The first-order valence-corrected chi connectivity index (χ1v) is 6.05. The van der Waals surface area contributed by atoms with Gasteiger partial charge in [0.1, 0.15) is 0 Å². The number of hydrogen-bond donors (Lipinski definition) is 1. The molecule has 0 spiro atoms. The van der Waals surface area contributed by atoms with Gasteiger partial charge in [-0.1, -0.05) is 32.6 Å². The maximum atomic E-state index is 11.6. The van der Waals surface area contributed by atoms with Crippen molar-refractivity contribution in [2.45, 2.75) is 52.5 Å². The van der Waals surface area contributed by atoms with Gasteiger partial charge in [0.2, 0.25) is 5.75 Å². The van der Waals surface area contributed by atoms with Gasteiger partial charge in [-0.05, 0) is 13.3 Å². The molecule has 0 amide bonds. The number of unbranched alkanes of at least 4 members (excludes halogenated alkanes) is 4. The highest BCUT2D eigenvalue weighted by atomic mass is 16.3. The summed E-state index contributed by atoms with van der Waals surface area (Å²) in [6, 6.07) is 0. The van der Waals surface area contributed by atoms with Gasteiger partial charge in [-0.15, -0.1) is 0 Å². The van der Waals surface area contributed by atoms with Crippen LogP contribution in [-0.2, 0) is 13.6 Å². The van der Waals surface area contributed by atoms with Crippen molar-refractivity contribution in [2.24, 2.45) is 7.05 Å². The van der Waals surface area contributed by atoms with Crippen LogP contribution >= 0.6 is 0 Å². The number of aromatic hydroxyl groups is 1. The van der Waals surface area contributed by atoms with E-state index in [9.17, 15) is 9.90 Å². The summed E-state index contributed by atoms with van der Waals surface area (Å²) in [4.78, 5) is 11.6. The Morgan fingerprint density at radius 3 is 2.31 bits per heavy atom. The molecule has 0 aliphatic rings. The van der Waals surface area contributed by atoms with E-state index in [4.69, 9.17) is 0 Å². The average Bonchev–Trinajstić information content (AvgIpc) is 2.46. The van der Waals surface area contributed by atoms with E-state index >= 15 is 0 Å². The third kappa shape index (κ3) is 2.68. The molecule has 4 heteroatoms. The summed E-state index contributed by atoms with van der Waals surface area (Å²) in [5.41, 5.74) is 0.369. The highest BCUT2D eigenvalue weighted by Crippen LogP contribution is 2.10. The van der Waals surface area contributed by atoms with E-state index in [1.54, 1.807) is 16.3 Å². The Bertz CT molecular complexity index is 390. The summed E-state index contributed by atoms with van der Waals surface area (Å²) < 4.78 is 3.34. The molecule has 1 N–H and O–H groups in total. The van der Waals surface area contributed by atoms with E-state index in [0.717, 1.165) is 12.8 Å². The first-order valence-electron chi connectivity index (χ1n) is 6.05. The molecule has 0 saturated carbocycles. The van der Waals surface area contributed by atoms with Crippen molar-refractivity contribution in [2.75, 3.05) is 0 Å². The lowest BCUT2D eigenvalue weighted by Gasteiger charge is -2.07. The molecule has 4 nitrogen and oxygen atoms in total. The van der Waals surface area contributed by atoms with Gasteiger partial charge < -0.3 is 5.11 Å². The second-order valence-electron chi connectivity index (χ2n) is 4.30. The quantitative estimate of drug-likeness (QED) is 0.756. The molecule has 0 aromatic carbocycles. The van der Waals surface area contributed by atoms with E-state index in [-0.39, 0.29) is 11.3 Å². The van der Waals surface area contributed by atoms with Crippen LogP contribution in [0.25, 0.3) is 0 Å². The predicted octanol–water partition coefficient (Wildman–Crippen LogP) is 2.17. The molecule has 0 bridgehead atoms. The maximum Gasteiger partial charge on any atom is 0.309 e. The molecule has 0 atom stereocenters. The summed E-state index contributed by atoms with van der Waals surface area (Å²) in [7, 11) is 1.81. The van der Waals surface area contributed by atoms with Crippen molar-refractivity contribution in [1.29, 1.82) is 0 Å². The lowest BCUT2D eigenvalue weighted by molar-refractivity contribution is 0.450. The fourth-order valence-electron chi connectivity index (χ4n) is 1.86. The summed E-state index contributed by atoms with van der Waals surface area (Å²) >= 11 is 0. The molecule has 1 aromatic rings. The highest BCUT2D eigenvalue weighted by molar-refractivity contribution is 5.22. The molecular weight excluding hydrogens is 204 g/mol. The summed E-state index contributed by atoms with van der Waals surface area (Å²) in [5, 5.41) is 9.49. The third-order valence-electron chi connectivity index (χ3n) is 3.10. The Kier molecular flexibility index (Phi) is 4.65. The van der Waals surface area contributed by atoms with E-state index in [1.807, 2.05) is 7.05 Å². The van der Waals surface area contributed by atoms with E-state index in [2.05, 4.69) is 6.92 Å². The van der Waals surface area contributed by atoms with Crippen LogP contribution in [-0.4, -0.2) is 14.5 Å². The molecule has 0 aliphatic heterocycles. The molecule has 0 aliphatic carbocycles. The molecular formula is C12H22N2O2.